The zero-order valence-corrected chi connectivity index (χ0v) is 6.93. The van der Waals surface area contributed by atoms with Gasteiger partial charge in [-0.2, -0.15) is 0 Å². The van der Waals surface area contributed by atoms with Crippen LogP contribution in [0, 0.1) is 5.92 Å². The molecule has 1 aliphatic rings. The van der Waals surface area contributed by atoms with Gasteiger partial charge >= 0.3 is 0 Å². The zero-order valence-electron chi connectivity index (χ0n) is 6.12. The average Bonchev–Trinajstić information content (AvgIpc) is 2.73. The van der Waals surface area contributed by atoms with Gasteiger partial charge in [-0.15, -0.1) is 11.3 Å². The summed E-state index contributed by atoms with van der Waals surface area (Å²) >= 11 is 1.56. The molecule has 0 N–H and O–H groups in total. The van der Waals surface area contributed by atoms with Crippen LogP contribution in [-0.2, 0) is 11.2 Å². The SMILES string of the molecule is O=C(Cc1cncs1)C1CC1. The Hall–Kier alpha value is -0.700. The largest absolute Gasteiger partial charge is 0.299 e. The molecule has 0 amide bonds. The Balaban J connectivity index is 1.94. The Morgan fingerprint density at radius 2 is 2.55 bits per heavy atom. The van der Waals surface area contributed by atoms with E-state index in [0.29, 0.717) is 18.1 Å². The van der Waals surface area contributed by atoms with Crippen LogP contribution in [0.4, 0.5) is 0 Å². The minimum atomic E-state index is 0.386. The van der Waals surface area contributed by atoms with Crippen molar-refractivity contribution in [3.8, 4) is 0 Å². The van der Waals surface area contributed by atoms with E-state index in [4.69, 9.17) is 0 Å². The van der Waals surface area contributed by atoms with Gasteiger partial charge in [0.25, 0.3) is 0 Å². The fourth-order valence-electron chi connectivity index (χ4n) is 1.05. The molecule has 0 radical (unpaired) electrons. The molecule has 1 saturated carbocycles. The van der Waals surface area contributed by atoms with Crippen LogP contribution in [0.1, 0.15) is 17.7 Å². The number of carbonyl (C=O) groups is 1. The summed E-state index contributed by atoms with van der Waals surface area (Å²) in [6, 6.07) is 0. The molecule has 0 unspecified atom stereocenters. The lowest BCUT2D eigenvalue weighted by atomic mass is 10.2. The highest BCUT2D eigenvalue weighted by molar-refractivity contribution is 7.09. The molecule has 11 heavy (non-hydrogen) atoms. The first-order valence-corrected chi connectivity index (χ1v) is 4.64. The highest BCUT2D eigenvalue weighted by atomic mass is 32.1. The molecular weight excluding hydrogens is 158 g/mol. The van der Waals surface area contributed by atoms with E-state index in [0.717, 1.165) is 17.7 Å². The lowest BCUT2D eigenvalue weighted by Gasteiger charge is -1.91. The maximum atomic E-state index is 11.3. The smallest absolute Gasteiger partial charge is 0.141 e. The Kier molecular flexibility index (Phi) is 1.74. The number of carbonyl (C=O) groups excluding carboxylic acids is 1. The molecular formula is C8H9NOS. The lowest BCUT2D eigenvalue weighted by molar-refractivity contribution is -0.119. The highest BCUT2D eigenvalue weighted by Gasteiger charge is 2.29. The molecule has 0 spiro atoms. The molecule has 58 valence electrons. The van der Waals surface area contributed by atoms with Crippen molar-refractivity contribution in [3.63, 3.8) is 0 Å². The van der Waals surface area contributed by atoms with Crippen molar-refractivity contribution >= 4 is 17.1 Å². The van der Waals surface area contributed by atoms with Gasteiger partial charge in [0, 0.05) is 23.4 Å². The van der Waals surface area contributed by atoms with Crippen LogP contribution in [0.3, 0.4) is 0 Å². The fourth-order valence-corrected chi connectivity index (χ4v) is 1.66. The molecule has 2 nitrogen and oxygen atoms in total. The van der Waals surface area contributed by atoms with Gasteiger partial charge in [-0.25, -0.2) is 0 Å². The lowest BCUT2D eigenvalue weighted by Crippen LogP contribution is -2.02. The van der Waals surface area contributed by atoms with E-state index < -0.39 is 0 Å². The predicted molar refractivity (Wildman–Crippen MR) is 43.5 cm³/mol. The molecule has 0 bridgehead atoms. The van der Waals surface area contributed by atoms with E-state index in [2.05, 4.69) is 4.98 Å². The molecule has 1 aromatic heterocycles. The van der Waals surface area contributed by atoms with Gasteiger partial charge < -0.3 is 0 Å². The maximum absolute atomic E-state index is 11.3. The predicted octanol–water partition coefficient (Wildman–Crippen LogP) is 1.66. The molecule has 1 fully saturated rings. The summed E-state index contributed by atoms with van der Waals surface area (Å²) in [4.78, 5) is 16.3. The van der Waals surface area contributed by atoms with Gasteiger partial charge in [-0.3, -0.25) is 9.78 Å². The first-order chi connectivity index (χ1) is 5.36. The molecule has 1 aromatic rings. The summed E-state index contributed by atoms with van der Waals surface area (Å²) in [6.45, 7) is 0. The first kappa shape index (κ1) is 6.98. The van der Waals surface area contributed by atoms with Gasteiger partial charge in [-0.05, 0) is 12.8 Å². The van der Waals surface area contributed by atoms with Crippen molar-refractivity contribution in [1.82, 2.24) is 4.98 Å². The molecule has 1 aliphatic carbocycles. The van der Waals surface area contributed by atoms with E-state index >= 15 is 0 Å². The van der Waals surface area contributed by atoms with Crippen LogP contribution < -0.4 is 0 Å². The Morgan fingerprint density at radius 1 is 1.73 bits per heavy atom. The van der Waals surface area contributed by atoms with Gasteiger partial charge in [0.1, 0.15) is 5.78 Å². The van der Waals surface area contributed by atoms with Gasteiger partial charge in [0.2, 0.25) is 0 Å². The number of ketones is 1. The van der Waals surface area contributed by atoms with Crippen LogP contribution >= 0.6 is 11.3 Å². The van der Waals surface area contributed by atoms with Crippen LogP contribution in [0.5, 0.6) is 0 Å². The summed E-state index contributed by atoms with van der Waals surface area (Å²) in [7, 11) is 0. The highest BCUT2D eigenvalue weighted by Crippen LogP contribution is 2.31. The standard InChI is InChI=1S/C8H9NOS/c10-8(6-1-2-6)3-7-4-9-5-11-7/h4-6H,1-3H2. The molecule has 3 heteroatoms. The normalized spacial score (nSPS) is 16.7. The van der Waals surface area contributed by atoms with Crippen LogP contribution in [0.25, 0.3) is 0 Å². The Morgan fingerprint density at radius 3 is 3.09 bits per heavy atom. The Labute approximate surface area is 69.3 Å². The molecule has 0 aliphatic heterocycles. The van der Waals surface area contributed by atoms with Crippen molar-refractivity contribution in [3.05, 3.63) is 16.6 Å². The van der Waals surface area contributed by atoms with Crippen molar-refractivity contribution in [2.45, 2.75) is 19.3 Å². The number of Topliss-reactive ketones (excluding diaryl/α,β-unsaturated/α-hetero) is 1. The first-order valence-electron chi connectivity index (χ1n) is 3.76. The molecule has 1 heterocycles. The number of aromatic nitrogens is 1. The average molecular weight is 167 g/mol. The second-order valence-electron chi connectivity index (χ2n) is 2.89. The summed E-state index contributed by atoms with van der Waals surface area (Å²) in [5.74, 6) is 0.784. The topological polar surface area (TPSA) is 30.0 Å². The number of hydrogen-bond donors (Lipinski definition) is 0. The van der Waals surface area contributed by atoms with Crippen molar-refractivity contribution in [1.29, 1.82) is 0 Å². The summed E-state index contributed by atoms with van der Waals surface area (Å²) in [5, 5.41) is 0. The molecule has 2 rings (SSSR count). The number of hydrogen-bond acceptors (Lipinski definition) is 3. The van der Waals surface area contributed by atoms with E-state index in [1.165, 1.54) is 0 Å². The van der Waals surface area contributed by atoms with E-state index in [1.807, 2.05) is 0 Å². The van der Waals surface area contributed by atoms with E-state index in [9.17, 15) is 4.79 Å². The minimum absolute atomic E-state index is 0.386. The number of rotatable bonds is 3. The van der Waals surface area contributed by atoms with Crippen molar-refractivity contribution < 1.29 is 4.79 Å². The Bertz CT molecular complexity index is 251. The second-order valence-corrected chi connectivity index (χ2v) is 3.86. The summed E-state index contributed by atoms with van der Waals surface area (Å²) < 4.78 is 0. The minimum Gasteiger partial charge on any atom is -0.299 e. The van der Waals surface area contributed by atoms with Gasteiger partial charge in [0.15, 0.2) is 0 Å². The molecule has 0 atom stereocenters. The van der Waals surface area contributed by atoms with Crippen LogP contribution in [-0.4, -0.2) is 10.8 Å². The summed E-state index contributed by atoms with van der Waals surface area (Å²) in [5.41, 5.74) is 1.77. The molecule has 0 aromatic carbocycles. The monoisotopic (exact) mass is 167 g/mol. The number of thiazole rings is 1. The zero-order chi connectivity index (χ0) is 7.68. The van der Waals surface area contributed by atoms with Crippen molar-refractivity contribution in [2.75, 3.05) is 0 Å². The third-order valence-electron chi connectivity index (χ3n) is 1.86. The second kappa shape index (κ2) is 2.74. The van der Waals surface area contributed by atoms with Gasteiger partial charge in [0.05, 0.1) is 5.51 Å². The number of nitrogens with zero attached hydrogens (tertiary/aromatic N) is 1. The quantitative estimate of drug-likeness (QED) is 0.685. The van der Waals surface area contributed by atoms with Crippen LogP contribution in [0.15, 0.2) is 11.7 Å². The van der Waals surface area contributed by atoms with Crippen molar-refractivity contribution in [2.24, 2.45) is 5.92 Å². The van der Waals surface area contributed by atoms with Gasteiger partial charge in [-0.1, -0.05) is 0 Å². The third-order valence-corrected chi connectivity index (χ3v) is 2.64. The third kappa shape index (κ3) is 1.66. The maximum Gasteiger partial charge on any atom is 0.141 e. The van der Waals surface area contributed by atoms with E-state index in [1.54, 1.807) is 23.0 Å². The molecule has 0 saturated heterocycles. The van der Waals surface area contributed by atoms with Crippen LogP contribution in [0.2, 0.25) is 0 Å². The summed E-state index contributed by atoms with van der Waals surface area (Å²) in [6.07, 6.45) is 4.61. The van der Waals surface area contributed by atoms with E-state index in [-0.39, 0.29) is 0 Å². The fraction of sp³-hybridized carbons (Fsp3) is 0.500.